The third-order valence-electron chi connectivity index (χ3n) is 4.98. The van der Waals surface area contributed by atoms with E-state index in [9.17, 15) is 9.59 Å². The number of rotatable bonds is 4. The van der Waals surface area contributed by atoms with Crippen LogP contribution in [0.1, 0.15) is 49.8 Å². The first-order valence-corrected chi connectivity index (χ1v) is 8.67. The fraction of sp³-hybridized carbons (Fsp3) is 0.526. The largest absolute Gasteiger partial charge is 0.349 e. The topological polar surface area (TPSA) is 73.2 Å². The highest BCUT2D eigenvalue weighted by atomic mass is 16.2. The summed E-state index contributed by atoms with van der Waals surface area (Å²) in [6.45, 7) is 3.30. The molecule has 1 heterocycles. The van der Waals surface area contributed by atoms with E-state index in [1.165, 1.54) is 0 Å². The number of nitrogens with one attached hydrogen (secondary N) is 1. The zero-order valence-corrected chi connectivity index (χ0v) is 14.0. The van der Waals surface area contributed by atoms with E-state index in [2.05, 4.69) is 11.4 Å². The van der Waals surface area contributed by atoms with Gasteiger partial charge < -0.3 is 10.2 Å². The molecule has 2 amide bonds. The molecule has 1 N–H and O–H groups in total. The number of nitriles is 1. The number of piperidine rings is 1. The number of hydrogen-bond donors (Lipinski definition) is 1. The Labute approximate surface area is 142 Å². The van der Waals surface area contributed by atoms with E-state index in [0.717, 1.165) is 31.2 Å². The van der Waals surface area contributed by atoms with Crippen LogP contribution in [-0.2, 0) is 9.59 Å². The standard InChI is InChI=1S/C19H23N3O2/c1-13(17-4-2-3-14(11-17)12-20)21-18(23)15-7-9-22(10-8-15)19(24)16-5-6-16/h2-4,11,13,15-16H,5-10H2,1H3,(H,21,23). The highest BCUT2D eigenvalue weighted by Gasteiger charge is 2.36. The molecule has 0 aromatic heterocycles. The summed E-state index contributed by atoms with van der Waals surface area (Å²) in [5.74, 6) is 0.539. The first-order valence-electron chi connectivity index (χ1n) is 8.67. The van der Waals surface area contributed by atoms with Crippen molar-refractivity contribution in [2.45, 2.75) is 38.6 Å². The van der Waals surface area contributed by atoms with Gasteiger partial charge in [0.05, 0.1) is 17.7 Å². The fourth-order valence-electron chi connectivity index (χ4n) is 3.24. The molecule has 1 saturated heterocycles. The van der Waals surface area contributed by atoms with Gasteiger partial charge in [-0.2, -0.15) is 5.26 Å². The number of carbonyl (C=O) groups excluding carboxylic acids is 2. The van der Waals surface area contributed by atoms with Crippen LogP contribution in [0.25, 0.3) is 0 Å². The molecule has 2 fully saturated rings. The van der Waals surface area contributed by atoms with Gasteiger partial charge in [-0.15, -0.1) is 0 Å². The molecule has 1 aromatic rings. The summed E-state index contributed by atoms with van der Waals surface area (Å²) in [5, 5.41) is 12.0. The molecule has 0 bridgehead atoms. The minimum Gasteiger partial charge on any atom is -0.349 e. The number of hydrogen-bond acceptors (Lipinski definition) is 3. The summed E-state index contributed by atoms with van der Waals surface area (Å²) in [4.78, 5) is 26.5. The second-order valence-electron chi connectivity index (χ2n) is 6.84. The number of carbonyl (C=O) groups is 2. The molecule has 1 saturated carbocycles. The van der Waals surface area contributed by atoms with E-state index in [1.54, 1.807) is 6.07 Å². The molecule has 24 heavy (non-hydrogen) atoms. The second-order valence-corrected chi connectivity index (χ2v) is 6.84. The van der Waals surface area contributed by atoms with Crippen molar-refractivity contribution in [3.63, 3.8) is 0 Å². The zero-order valence-electron chi connectivity index (χ0n) is 14.0. The number of likely N-dealkylation sites (tertiary alicyclic amines) is 1. The average Bonchev–Trinajstić information content (AvgIpc) is 3.46. The summed E-state index contributed by atoms with van der Waals surface area (Å²) in [5.41, 5.74) is 1.53. The summed E-state index contributed by atoms with van der Waals surface area (Å²) in [6, 6.07) is 9.30. The molecule has 0 radical (unpaired) electrons. The lowest BCUT2D eigenvalue weighted by Crippen LogP contribution is -2.44. The van der Waals surface area contributed by atoms with Gasteiger partial charge in [-0.05, 0) is 50.3 Å². The van der Waals surface area contributed by atoms with E-state index >= 15 is 0 Å². The van der Waals surface area contributed by atoms with Crippen LogP contribution in [0.3, 0.4) is 0 Å². The maximum absolute atomic E-state index is 12.5. The Kier molecular flexibility index (Phi) is 4.84. The van der Waals surface area contributed by atoms with Crippen molar-refractivity contribution in [2.75, 3.05) is 13.1 Å². The maximum atomic E-state index is 12.5. The minimum absolute atomic E-state index is 0.0325. The van der Waals surface area contributed by atoms with Gasteiger partial charge >= 0.3 is 0 Å². The van der Waals surface area contributed by atoms with Gasteiger partial charge in [0.25, 0.3) is 0 Å². The van der Waals surface area contributed by atoms with Crippen LogP contribution in [0, 0.1) is 23.2 Å². The van der Waals surface area contributed by atoms with Crippen molar-refractivity contribution in [1.29, 1.82) is 5.26 Å². The smallest absolute Gasteiger partial charge is 0.225 e. The summed E-state index contributed by atoms with van der Waals surface area (Å²) in [6.07, 6.45) is 3.52. The number of benzene rings is 1. The van der Waals surface area contributed by atoms with E-state index in [0.29, 0.717) is 18.7 Å². The van der Waals surface area contributed by atoms with Gasteiger partial charge in [0, 0.05) is 24.9 Å². The first-order chi connectivity index (χ1) is 11.6. The monoisotopic (exact) mass is 325 g/mol. The van der Waals surface area contributed by atoms with Gasteiger partial charge in [-0.3, -0.25) is 9.59 Å². The number of amides is 2. The van der Waals surface area contributed by atoms with Gasteiger partial charge in [0.2, 0.25) is 11.8 Å². The normalized spacial score (nSPS) is 19.4. The van der Waals surface area contributed by atoms with Crippen molar-refractivity contribution in [2.24, 2.45) is 11.8 Å². The lowest BCUT2D eigenvalue weighted by molar-refractivity contribution is -0.136. The summed E-state index contributed by atoms with van der Waals surface area (Å²) in [7, 11) is 0. The van der Waals surface area contributed by atoms with Crippen LogP contribution in [0.5, 0.6) is 0 Å². The summed E-state index contributed by atoms with van der Waals surface area (Å²) < 4.78 is 0. The third-order valence-corrected chi connectivity index (χ3v) is 4.98. The Bertz CT molecular complexity index is 667. The van der Waals surface area contributed by atoms with Crippen LogP contribution in [0.2, 0.25) is 0 Å². The maximum Gasteiger partial charge on any atom is 0.225 e. The van der Waals surface area contributed by atoms with Crippen molar-refractivity contribution in [3.8, 4) is 6.07 Å². The fourth-order valence-corrected chi connectivity index (χ4v) is 3.24. The molecular formula is C19H23N3O2. The zero-order chi connectivity index (χ0) is 17.1. The van der Waals surface area contributed by atoms with Gasteiger partial charge in [-0.25, -0.2) is 0 Å². The lowest BCUT2D eigenvalue weighted by Gasteiger charge is -2.32. The minimum atomic E-state index is -0.128. The van der Waals surface area contributed by atoms with Gasteiger partial charge in [0.15, 0.2) is 0 Å². The Morgan fingerprint density at radius 3 is 2.54 bits per heavy atom. The van der Waals surface area contributed by atoms with Crippen LogP contribution in [0.15, 0.2) is 24.3 Å². The van der Waals surface area contributed by atoms with E-state index < -0.39 is 0 Å². The molecule has 2 aliphatic rings. The molecule has 5 heteroatoms. The molecule has 5 nitrogen and oxygen atoms in total. The highest BCUT2D eigenvalue weighted by Crippen LogP contribution is 2.32. The predicted molar refractivity (Wildman–Crippen MR) is 89.7 cm³/mol. The quantitative estimate of drug-likeness (QED) is 0.924. The molecular weight excluding hydrogens is 302 g/mol. The number of nitrogens with zero attached hydrogens (tertiary/aromatic N) is 2. The average molecular weight is 325 g/mol. The van der Waals surface area contributed by atoms with Crippen molar-refractivity contribution < 1.29 is 9.59 Å². The Morgan fingerprint density at radius 1 is 1.21 bits per heavy atom. The van der Waals surface area contributed by atoms with Gasteiger partial charge in [0.1, 0.15) is 0 Å². The van der Waals surface area contributed by atoms with E-state index in [-0.39, 0.29) is 29.7 Å². The lowest BCUT2D eigenvalue weighted by atomic mass is 9.94. The molecule has 3 rings (SSSR count). The summed E-state index contributed by atoms with van der Waals surface area (Å²) >= 11 is 0. The van der Waals surface area contributed by atoms with Crippen molar-refractivity contribution in [1.82, 2.24) is 10.2 Å². The Morgan fingerprint density at radius 2 is 1.92 bits per heavy atom. The van der Waals surface area contributed by atoms with E-state index in [4.69, 9.17) is 5.26 Å². The molecule has 1 aliphatic carbocycles. The molecule has 1 atom stereocenters. The van der Waals surface area contributed by atoms with Crippen molar-refractivity contribution >= 4 is 11.8 Å². The molecule has 1 aromatic carbocycles. The highest BCUT2D eigenvalue weighted by molar-refractivity contribution is 5.82. The van der Waals surface area contributed by atoms with Crippen molar-refractivity contribution in [3.05, 3.63) is 35.4 Å². The molecule has 1 unspecified atom stereocenters. The van der Waals surface area contributed by atoms with Crippen LogP contribution >= 0.6 is 0 Å². The predicted octanol–water partition coefficient (Wildman–Crippen LogP) is 2.38. The van der Waals surface area contributed by atoms with Crippen LogP contribution in [-0.4, -0.2) is 29.8 Å². The second kappa shape index (κ2) is 7.04. The van der Waals surface area contributed by atoms with Crippen LogP contribution < -0.4 is 5.32 Å². The SMILES string of the molecule is CC(NC(=O)C1CCN(C(=O)C2CC2)CC1)c1cccc(C#N)c1. The van der Waals surface area contributed by atoms with Crippen LogP contribution in [0.4, 0.5) is 0 Å². The molecule has 0 spiro atoms. The Hall–Kier alpha value is -2.35. The molecule has 126 valence electrons. The first kappa shape index (κ1) is 16.5. The Balaban J connectivity index is 1.51. The third kappa shape index (κ3) is 3.76. The van der Waals surface area contributed by atoms with E-state index in [1.807, 2.05) is 30.0 Å². The molecule has 1 aliphatic heterocycles. The van der Waals surface area contributed by atoms with Gasteiger partial charge in [-0.1, -0.05) is 12.1 Å².